The van der Waals surface area contributed by atoms with Crippen molar-refractivity contribution >= 4 is 30.1 Å². The fourth-order valence-corrected chi connectivity index (χ4v) is 1.44. The highest BCUT2D eigenvalue weighted by atomic mass is 127. The van der Waals surface area contributed by atoms with E-state index in [1.165, 1.54) is 5.56 Å². The molecule has 2 aromatic rings. The molecule has 2 rings (SSSR count). The van der Waals surface area contributed by atoms with Crippen molar-refractivity contribution in [1.82, 2.24) is 4.98 Å². The van der Waals surface area contributed by atoms with Gasteiger partial charge >= 0.3 is 0 Å². The average molecular weight is 309 g/mol. The molecule has 1 aromatic carbocycles. The zero-order chi connectivity index (χ0) is 9.80. The van der Waals surface area contributed by atoms with Crippen LogP contribution in [0.1, 0.15) is 5.69 Å². The van der Waals surface area contributed by atoms with Gasteiger partial charge in [0.2, 0.25) is 0 Å². The summed E-state index contributed by atoms with van der Waals surface area (Å²) in [6.45, 7) is 3.75. The van der Waals surface area contributed by atoms with Crippen LogP contribution >= 0.6 is 24.0 Å². The Bertz CT molecular complexity index is 437. The number of halogens is 1. The Labute approximate surface area is 107 Å². The van der Waals surface area contributed by atoms with E-state index < -0.39 is 0 Å². The molecule has 15 heavy (non-hydrogen) atoms. The molecular formula is C13H12IN. The standard InChI is InChI=1S/C13H11N.HI/c1-2-13-12(9-6-10-14-13)11-7-4-3-5-8-11;/h2-10H,1H2;1H. The number of hydrogen-bond acceptors (Lipinski definition) is 1. The minimum atomic E-state index is 0. The summed E-state index contributed by atoms with van der Waals surface area (Å²) >= 11 is 0. The van der Waals surface area contributed by atoms with Crippen molar-refractivity contribution in [1.29, 1.82) is 0 Å². The molecule has 0 N–H and O–H groups in total. The summed E-state index contributed by atoms with van der Waals surface area (Å²) in [5.41, 5.74) is 3.23. The highest BCUT2D eigenvalue weighted by Gasteiger charge is 2.00. The van der Waals surface area contributed by atoms with Crippen molar-refractivity contribution < 1.29 is 0 Å². The predicted octanol–water partition coefficient (Wildman–Crippen LogP) is 4.01. The van der Waals surface area contributed by atoms with Gasteiger partial charge in [-0.3, -0.25) is 4.98 Å². The van der Waals surface area contributed by atoms with Crippen LogP contribution in [0, 0.1) is 0 Å². The Morgan fingerprint density at radius 1 is 1.00 bits per heavy atom. The lowest BCUT2D eigenvalue weighted by Crippen LogP contribution is -1.85. The molecule has 0 aliphatic carbocycles. The molecule has 2 heteroatoms. The smallest absolute Gasteiger partial charge is 0.0702 e. The molecule has 0 atom stereocenters. The maximum absolute atomic E-state index is 4.26. The van der Waals surface area contributed by atoms with Gasteiger partial charge in [0, 0.05) is 11.8 Å². The first-order valence-corrected chi connectivity index (χ1v) is 4.54. The monoisotopic (exact) mass is 309 g/mol. The Morgan fingerprint density at radius 2 is 1.73 bits per heavy atom. The summed E-state index contributed by atoms with van der Waals surface area (Å²) < 4.78 is 0. The van der Waals surface area contributed by atoms with E-state index in [1.807, 2.05) is 24.3 Å². The molecule has 1 nitrogen and oxygen atoms in total. The zero-order valence-electron chi connectivity index (χ0n) is 8.26. The van der Waals surface area contributed by atoms with Gasteiger partial charge in [0.25, 0.3) is 0 Å². The molecule has 0 saturated carbocycles. The number of nitrogens with zero attached hydrogens (tertiary/aromatic N) is 1. The molecule has 1 aromatic heterocycles. The van der Waals surface area contributed by atoms with Crippen LogP contribution in [0.15, 0.2) is 55.2 Å². The van der Waals surface area contributed by atoms with Crippen LogP contribution < -0.4 is 0 Å². The highest BCUT2D eigenvalue weighted by molar-refractivity contribution is 14.0. The van der Waals surface area contributed by atoms with Crippen molar-refractivity contribution in [3.8, 4) is 11.1 Å². The molecule has 0 fully saturated rings. The van der Waals surface area contributed by atoms with E-state index in [1.54, 1.807) is 12.3 Å². The molecule has 76 valence electrons. The molecule has 0 aliphatic heterocycles. The summed E-state index contributed by atoms with van der Waals surface area (Å²) in [5, 5.41) is 0. The lowest BCUT2D eigenvalue weighted by Gasteiger charge is -2.03. The summed E-state index contributed by atoms with van der Waals surface area (Å²) in [7, 11) is 0. The van der Waals surface area contributed by atoms with Gasteiger partial charge in [0.15, 0.2) is 0 Å². The fraction of sp³-hybridized carbons (Fsp3) is 0. The first-order chi connectivity index (χ1) is 6.92. The van der Waals surface area contributed by atoms with Crippen molar-refractivity contribution in [3.63, 3.8) is 0 Å². The Balaban J connectivity index is 0.00000112. The Kier molecular flexibility index (Phi) is 4.49. The summed E-state index contributed by atoms with van der Waals surface area (Å²) in [6, 6.07) is 14.2. The first-order valence-electron chi connectivity index (χ1n) is 4.54. The topological polar surface area (TPSA) is 12.9 Å². The predicted molar refractivity (Wildman–Crippen MR) is 75.2 cm³/mol. The maximum atomic E-state index is 4.26. The van der Waals surface area contributed by atoms with E-state index in [0.717, 1.165) is 11.3 Å². The number of aromatic nitrogens is 1. The molecule has 0 amide bonds. The number of benzene rings is 1. The fourth-order valence-electron chi connectivity index (χ4n) is 1.44. The summed E-state index contributed by atoms with van der Waals surface area (Å²) in [4.78, 5) is 4.26. The van der Waals surface area contributed by atoms with Crippen LogP contribution in [0.3, 0.4) is 0 Å². The third-order valence-electron chi connectivity index (χ3n) is 2.12. The Hall–Kier alpha value is -1.16. The van der Waals surface area contributed by atoms with Gasteiger partial charge < -0.3 is 0 Å². The van der Waals surface area contributed by atoms with E-state index in [4.69, 9.17) is 0 Å². The summed E-state index contributed by atoms with van der Waals surface area (Å²) in [5.74, 6) is 0. The van der Waals surface area contributed by atoms with Crippen LogP contribution in [-0.4, -0.2) is 4.98 Å². The van der Waals surface area contributed by atoms with E-state index >= 15 is 0 Å². The third kappa shape index (κ3) is 2.65. The Morgan fingerprint density at radius 3 is 2.40 bits per heavy atom. The van der Waals surface area contributed by atoms with Crippen molar-refractivity contribution in [2.45, 2.75) is 0 Å². The van der Waals surface area contributed by atoms with E-state index in [0.29, 0.717) is 0 Å². The number of pyridine rings is 1. The lowest BCUT2D eigenvalue weighted by molar-refractivity contribution is 1.30. The van der Waals surface area contributed by atoms with Gasteiger partial charge in [-0.25, -0.2) is 0 Å². The maximum Gasteiger partial charge on any atom is 0.0702 e. The first kappa shape index (κ1) is 11.9. The van der Waals surface area contributed by atoms with Crippen molar-refractivity contribution in [3.05, 3.63) is 60.9 Å². The third-order valence-corrected chi connectivity index (χ3v) is 2.12. The van der Waals surface area contributed by atoms with Crippen LogP contribution in [0.2, 0.25) is 0 Å². The quantitative estimate of drug-likeness (QED) is 0.764. The molecule has 0 unspecified atom stereocenters. The van der Waals surface area contributed by atoms with Crippen molar-refractivity contribution in [2.75, 3.05) is 0 Å². The SMILES string of the molecule is C=Cc1ncccc1-c1ccccc1.I. The minimum Gasteiger partial charge on any atom is -0.256 e. The second-order valence-corrected chi connectivity index (χ2v) is 3.01. The summed E-state index contributed by atoms with van der Waals surface area (Å²) in [6.07, 6.45) is 3.56. The van der Waals surface area contributed by atoms with Crippen LogP contribution in [0.25, 0.3) is 17.2 Å². The van der Waals surface area contributed by atoms with Gasteiger partial charge in [-0.1, -0.05) is 43.0 Å². The molecule has 0 bridgehead atoms. The lowest BCUT2D eigenvalue weighted by atomic mass is 10.0. The normalized spacial score (nSPS) is 9.07. The van der Waals surface area contributed by atoms with Gasteiger partial charge in [-0.2, -0.15) is 0 Å². The van der Waals surface area contributed by atoms with Crippen molar-refractivity contribution in [2.24, 2.45) is 0 Å². The number of rotatable bonds is 2. The van der Waals surface area contributed by atoms with Gasteiger partial charge in [-0.05, 0) is 17.7 Å². The second-order valence-electron chi connectivity index (χ2n) is 3.01. The molecular weight excluding hydrogens is 297 g/mol. The minimum absolute atomic E-state index is 0. The van der Waals surface area contributed by atoms with E-state index in [-0.39, 0.29) is 24.0 Å². The molecule has 0 radical (unpaired) electrons. The van der Waals surface area contributed by atoms with Crippen LogP contribution in [0.5, 0.6) is 0 Å². The van der Waals surface area contributed by atoms with E-state index in [2.05, 4.69) is 29.8 Å². The van der Waals surface area contributed by atoms with Crippen LogP contribution in [0.4, 0.5) is 0 Å². The van der Waals surface area contributed by atoms with Crippen LogP contribution in [-0.2, 0) is 0 Å². The molecule has 0 saturated heterocycles. The zero-order valence-corrected chi connectivity index (χ0v) is 10.6. The van der Waals surface area contributed by atoms with Gasteiger partial charge in [0.1, 0.15) is 0 Å². The number of hydrogen-bond donors (Lipinski definition) is 0. The molecule has 0 aliphatic rings. The second kappa shape index (κ2) is 5.66. The van der Waals surface area contributed by atoms with Gasteiger partial charge in [0.05, 0.1) is 5.69 Å². The average Bonchev–Trinajstić information content (AvgIpc) is 2.30. The largest absolute Gasteiger partial charge is 0.256 e. The molecule has 0 spiro atoms. The van der Waals surface area contributed by atoms with E-state index in [9.17, 15) is 0 Å². The molecule has 1 heterocycles. The highest BCUT2D eigenvalue weighted by Crippen LogP contribution is 2.21. The van der Waals surface area contributed by atoms with Gasteiger partial charge in [-0.15, -0.1) is 24.0 Å².